The van der Waals surface area contributed by atoms with Crippen molar-refractivity contribution in [3.63, 3.8) is 0 Å². The van der Waals surface area contributed by atoms with E-state index in [0.29, 0.717) is 6.61 Å². The quantitative estimate of drug-likeness (QED) is 0.492. The molecule has 0 radical (unpaired) electrons. The lowest BCUT2D eigenvalue weighted by atomic mass is 10.5. The van der Waals surface area contributed by atoms with Crippen LogP contribution in [0.15, 0.2) is 0 Å². The molecule has 0 aromatic carbocycles. The molecule has 0 aliphatic rings. The maximum absolute atomic E-state index is 10.9. The van der Waals surface area contributed by atoms with Crippen LogP contribution in [0, 0.1) is 0 Å². The third kappa shape index (κ3) is 3.29. The van der Waals surface area contributed by atoms with Gasteiger partial charge in [-0.3, -0.25) is 9.05 Å². The van der Waals surface area contributed by atoms with Crippen LogP contribution in [0.5, 0.6) is 0 Å². The number of hydrogen-bond acceptors (Lipinski definition) is 5. The lowest BCUT2D eigenvalue weighted by Crippen LogP contribution is -2.02. The number of rotatable bonds is 5. The van der Waals surface area contributed by atoms with Crippen LogP contribution in [0.4, 0.5) is 0 Å². The van der Waals surface area contributed by atoms with E-state index >= 15 is 0 Å². The summed E-state index contributed by atoms with van der Waals surface area (Å²) < 4.78 is 24.0. The van der Waals surface area contributed by atoms with Crippen LogP contribution in [-0.4, -0.2) is 13.7 Å². The van der Waals surface area contributed by atoms with Crippen LogP contribution in [0.1, 0.15) is 13.3 Å². The summed E-state index contributed by atoms with van der Waals surface area (Å²) in [4.78, 5) is 0. The van der Waals surface area contributed by atoms with E-state index in [2.05, 4.69) is 19.6 Å². The molecule has 10 heavy (non-hydrogen) atoms. The van der Waals surface area contributed by atoms with Gasteiger partial charge >= 0.3 is 7.82 Å². The van der Waals surface area contributed by atoms with Gasteiger partial charge in [-0.05, 0) is 6.42 Å². The molecule has 0 heterocycles. The second-order valence-electron chi connectivity index (χ2n) is 1.57. The van der Waals surface area contributed by atoms with Crippen molar-refractivity contribution in [3.8, 4) is 0 Å². The van der Waals surface area contributed by atoms with Crippen molar-refractivity contribution in [2.75, 3.05) is 13.7 Å². The molecule has 2 N–H and O–H groups in total. The van der Waals surface area contributed by atoms with Crippen LogP contribution >= 0.6 is 7.82 Å². The highest BCUT2D eigenvalue weighted by Gasteiger charge is 2.22. The third-order valence-corrected chi connectivity index (χ3v) is 2.01. The van der Waals surface area contributed by atoms with Crippen LogP contribution in [0.3, 0.4) is 0 Å². The molecule has 0 fully saturated rings. The van der Waals surface area contributed by atoms with Crippen LogP contribution in [-0.2, 0) is 18.2 Å². The maximum Gasteiger partial charge on any atom is 0.490 e. The van der Waals surface area contributed by atoms with Gasteiger partial charge in [-0.25, -0.2) is 15.1 Å². The minimum Gasteiger partial charge on any atom is -0.289 e. The molecule has 0 aliphatic heterocycles. The first-order valence-electron chi connectivity index (χ1n) is 2.87. The highest BCUT2D eigenvalue weighted by molar-refractivity contribution is 7.48. The van der Waals surface area contributed by atoms with Crippen molar-refractivity contribution in [2.45, 2.75) is 13.3 Å². The van der Waals surface area contributed by atoms with E-state index in [9.17, 15) is 4.57 Å². The Morgan fingerprint density at radius 2 is 2.20 bits per heavy atom. The van der Waals surface area contributed by atoms with Gasteiger partial charge in [0.1, 0.15) is 0 Å². The summed E-state index contributed by atoms with van der Waals surface area (Å²) in [5.41, 5.74) is 0. The Labute approximate surface area is 60.0 Å². The van der Waals surface area contributed by atoms with Crippen molar-refractivity contribution in [2.24, 2.45) is 5.90 Å². The maximum atomic E-state index is 10.9. The van der Waals surface area contributed by atoms with Gasteiger partial charge < -0.3 is 0 Å². The van der Waals surface area contributed by atoms with Gasteiger partial charge in [0.05, 0.1) is 6.61 Å². The standard InChI is InChI=1S/C4H12NO4P/c1-3-4-8-10(6,7-2)9-5/h3-5H2,1-2H3. The predicted molar refractivity (Wildman–Crippen MR) is 36.1 cm³/mol. The van der Waals surface area contributed by atoms with Gasteiger partial charge in [0.2, 0.25) is 0 Å². The van der Waals surface area contributed by atoms with Crippen LogP contribution in [0.25, 0.3) is 0 Å². The molecule has 5 nitrogen and oxygen atoms in total. The SMILES string of the molecule is CCCOP(=O)(OC)ON. The summed E-state index contributed by atoms with van der Waals surface area (Å²) in [5, 5.41) is 0. The normalized spacial score (nSPS) is 16.7. The number of hydrogen-bond donors (Lipinski definition) is 1. The Bertz CT molecular complexity index is 120. The van der Waals surface area contributed by atoms with Crippen molar-refractivity contribution >= 4 is 7.82 Å². The van der Waals surface area contributed by atoms with Crippen molar-refractivity contribution in [1.82, 2.24) is 0 Å². The van der Waals surface area contributed by atoms with E-state index in [0.717, 1.165) is 6.42 Å². The average molecular weight is 169 g/mol. The first-order valence-corrected chi connectivity index (χ1v) is 4.33. The lowest BCUT2D eigenvalue weighted by Gasteiger charge is -2.10. The van der Waals surface area contributed by atoms with E-state index < -0.39 is 7.82 Å². The zero-order chi connectivity index (χ0) is 8.04. The minimum absolute atomic E-state index is 0.308. The van der Waals surface area contributed by atoms with Crippen molar-refractivity contribution < 1.29 is 18.2 Å². The second-order valence-corrected chi connectivity index (χ2v) is 3.30. The van der Waals surface area contributed by atoms with Crippen LogP contribution < -0.4 is 5.90 Å². The van der Waals surface area contributed by atoms with Crippen molar-refractivity contribution in [1.29, 1.82) is 0 Å². The monoisotopic (exact) mass is 169 g/mol. The van der Waals surface area contributed by atoms with E-state index in [1.54, 1.807) is 0 Å². The molecule has 0 aliphatic carbocycles. The predicted octanol–water partition coefficient (Wildman–Crippen LogP) is 1.06. The smallest absolute Gasteiger partial charge is 0.289 e. The fourth-order valence-electron chi connectivity index (χ4n) is 0.329. The summed E-state index contributed by atoms with van der Waals surface area (Å²) in [6, 6.07) is 0. The van der Waals surface area contributed by atoms with Crippen molar-refractivity contribution in [3.05, 3.63) is 0 Å². The highest BCUT2D eigenvalue weighted by Crippen LogP contribution is 2.46. The number of phosphoric ester groups is 1. The molecule has 0 aromatic rings. The summed E-state index contributed by atoms with van der Waals surface area (Å²) in [6.07, 6.45) is 0.733. The largest absolute Gasteiger partial charge is 0.490 e. The first kappa shape index (κ1) is 10.1. The second kappa shape index (κ2) is 4.82. The van der Waals surface area contributed by atoms with Crippen LogP contribution in [0.2, 0.25) is 0 Å². The molecule has 0 spiro atoms. The number of nitrogens with two attached hydrogens (primary N) is 1. The average Bonchev–Trinajstić information content (AvgIpc) is 2.00. The molecular weight excluding hydrogens is 157 g/mol. The molecule has 0 bridgehead atoms. The third-order valence-electron chi connectivity index (χ3n) is 0.806. The molecule has 1 unspecified atom stereocenters. The van der Waals surface area contributed by atoms with E-state index in [4.69, 9.17) is 0 Å². The summed E-state index contributed by atoms with van der Waals surface area (Å²) in [7, 11) is -2.21. The fraction of sp³-hybridized carbons (Fsp3) is 1.00. The summed E-state index contributed by atoms with van der Waals surface area (Å²) >= 11 is 0. The van der Waals surface area contributed by atoms with Gasteiger partial charge in [0.15, 0.2) is 0 Å². The molecule has 1 atom stereocenters. The Morgan fingerprint density at radius 1 is 1.60 bits per heavy atom. The van der Waals surface area contributed by atoms with E-state index in [1.165, 1.54) is 7.11 Å². The Kier molecular flexibility index (Phi) is 4.85. The first-order chi connectivity index (χ1) is 4.68. The molecule has 0 rings (SSSR count). The van der Waals surface area contributed by atoms with Gasteiger partial charge in [0, 0.05) is 7.11 Å². The summed E-state index contributed by atoms with van der Waals surface area (Å²) in [6.45, 7) is 2.18. The Hall–Kier alpha value is 0.0700. The molecule has 0 saturated heterocycles. The molecule has 6 heteroatoms. The molecule has 0 aromatic heterocycles. The Morgan fingerprint density at radius 3 is 2.50 bits per heavy atom. The molecular formula is C4H12NO4P. The molecule has 62 valence electrons. The highest BCUT2D eigenvalue weighted by atomic mass is 31.2. The fourth-order valence-corrected chi connectivity index (χ4v) is 0.988. The topological polar surface area (TPSA) is 70.8 Å². The van der Waals surface area contributed by atoms with E-state index in [-0.39, 0.29) is 0 Å². The molecule has 0 amide bonds. The van der Waals surface area contributed by atoms with Gasteiger partial charge in [-0.1, -0.05) is 6.92 Å². The van der Waals surface area contributed by atoms with Gasteiger partial charge in [-0.15, -0.1) is 0 Å². The number of phosphoric acid groups is 1. The van der Waals surface area contributed by atoms with Gasteiger partial charge in [0.25, 0.3) is 0 Å². The zero-order valence-electron chi connectivity index (χ0n) is 6.07. The lowest BCUT2D eigenvalue weighted by molar-refractivity contribution is 0.132. The molecule has 0 saturated carbocycles. The van der Waals surface area contributed by atoms with E-state index in [1.807, 2.05) is 6.92 Å². The minimum atomic E-state index is -3.42. The zero-order valence-corrected chi connectivity index (χ0v) is 6.97. The Balaban J connectivity index is 3.70. The van der Waals surface area contributed by atoms with Gasteiger partial charge in [-0.2, -0.15) is 0 Å². The summed E-state index contributed by atoms with van der Waals surface area (Å²) in [5.74, 6) is 4.65.